The molecule has 0 aliphatic carbocycles. The molecule has 100 valence electrons. The summed E-state index contributed by atoms with van der Waals surface area (Å²) in [7, 11) is 0. The highest BCUT2D eigenvalue weighted by molar-refractivity contribution is 5.77. The lowest BCUT2D eigenvalue weighted by atomic mass is 10.2. The summed E-state index contributed by atoms with van der Waals surface area (Å²) in [5, 5.41) is 3.75. The second-order valence-corrected chi connectivity index (χ2v) is 4.30. The second-order valence-electron chi connectivity index (χ2n) is 4.30. The lowest BCUT2D eigenvalue weighted by molar-refractivity contribution is -0.131. The molecule has 0 aliphatic heterocycles. The van der Waals surface area contributed by atoms with Gasteiger partial charge in [0.05, 0.1) is 6.42 Å². The topological polar surface area (TPSA) is 59.2 Å². The van der Waals surface area contributed by atoms with Crippen LogP contribution in [0, 0.1) is 6.92 Å². The van der Waals surface area contributed by atoms with Gasteiger partial charge in [-0.25, -0.2) is 0 Å². The van der Waals surface area contributed by atoms with Gasteiger partial charge in [0.25, 0.3) is 0 Å². The molecular formula is C14H17N3O2. The van der Waals surface area contributed by atoms with Gasteiger partial charge in [-0.05, 0) is 12.5 Å². The average molecular weight is 259 g/mol. The molecule has 0 aliphatic rings. The van der Waals surface area contributed by atoms with Gasteiger partial charge in [-0.15, -0.1) is 0 Å². The van der Waals surface area contributed by atoms with Crippen molar-refractivity contribution in [3.63, 3.8) is 0 Å². The van der Waals surface area contributed by atoms with Crippen LogP contribution in [-0.4, -0.2) is 27.5 Å². The molecule has 0 N–H and O–H groups in total. The SMILES string of the molecule is CCN(Cc1ccccc1)C(=O)Cc1noc(C)n1. The summed E-state index contributed by atoms with van der Waals surface area (Å²) < 4.78 is 4.87. The van der Waals surface area contributed by atoms with Gasteiger partial charge in [-0.3, -0.25) is 4.79 Å². The maximum atomic E-state index is 12.2. The van der Waals surface area contributed by atoms with Crippen molar-refractivity contribution >= 4 is 5.91 Å². The van der Waals surface area contributed by atoms with Gasteiger partial charge in [-0.2, -0.15) is 4.98 Å². The normalized spacial score (nSPS) is 10.4. The average Bonchev–Trinajstić information content (AvgIpc) is 2.82. The van der Waals surface area contributed by atoms with Crippen LogP contribution in [-0.2, 0) is 17.8 Å². The first kappa shape index (κ1) is 13.3. The highest BCUT2D eigenvalue weighted by Crippen LogP contribution is 2.06. The highest BCUT2D eigenvalue weighted by atomic mass is 16.5. The lowest BCUT2D eigenvalue weighted by Gasteiger charge is -2.20. The second kappa shape index (κ2) is 6.13. The quantitative estimate of drug-likeness (QED) is 0.823. The number of hydrogen-bond donors (Lipinski definition) is 0. The van der Waals surface area contributed by atoms with E-state index in [1.807, 2.05) is 37.3 Å². The summed E-state index contributed by atoms with van der Waals surface area (Å²) in [6, 6.07) is 9.92. The van der Waals surface area contributed by atoms with Crippen molar-refractivity contribution in [3.05, 3.63) is 47.6 Å². The van der Waals surface area contributed by atoms with Crippen LogP contribution in [0.1, 0.15) is 24.2 Å². The molecule has 0 saturated heterocycles. The summed E-state index contributed by atoms with van der Waals surface area (Å²) in [4.78, 5) is 18.0. The van der Waals surface area contributed by atoms with Crippen LogP contribution in [0.15, 0.2) is 34.9 Å². The number of hydrogen-bond acceptors (Lipinski definition) is 4. The number of nitrogens with zero attached hydrogens (tertiary/aromatic N) is 3. The first-order chi connectivity index (χ1) is 9.19. The van der Waals surface area contributed by atoms with Crippen LogP contribution in [0.25, 0.3) is 0 Å². The smallest absolute Gasteiger partial charge is 0.230 e. The van der Waals surface area contributed by atoms with E-state index in [1.54, 1.807) is 11.8 Å². The Labute approximate surface area is 112 Å². The highest BCUT2D eigenvalue weighted by Gasteiger charge is 2.15. The molecule has 19 heavy (non-hydrogen) atoms. The summed E-state index contributed by atoms with van der Waals surface area (Å²) >= 11 is 0. The summed E-state index contributed by atoms with van der Waals surface area (Å²) in [5.41, 5.74) is 1.11. The van der Waals surface area contributed by atoms with E-state index in [-0.39, 0.29) is 12.3 Å². The Morgan fingerprint density at radius 3 is 2.63 bits per heavy atom. The minimum Gasteiger partial charge on any atom is -0.340 e. The number of likely N-dealkylation sites (N-methyl/N-ethyl adjacent to an activating group) is 1. The van der Waals surface area contributed by atoms with Crippen molar-refractivity contribution < 1.29 is 9.32 Å². The van der Waals surface area contributed by atoms with E-state index < -0.39 is 0 Å². The number of benzene rings is 1. The first-order valence-corrected chi connectivity index (χ1v) is 6.30. The Morgan fingerprint density at radius 2 is 2.05 bits per heavy atom. The Kier molecular flexibility index (Phi) is 4.28. The zero-order valence-electron chi connectivity index (χ0n) is 11.2. The molecule has 1 aromatic heterocycles. The van der Waals surface area contributed by atoms with Gasteiger partial charge in [0, 0.05) is 20.0 Å². The molecule has 1 aromatic carbocycles. The van der Waals surface area contributed by atoms with E-state index >= 15 is 0 Å². The van der Waals surface area contributed by atoms with Crippen molar-refractivity contribution in [2.24, 2.45) is 0 Å². The van der Waals surface area contributed by atoms with Crippen molar-refractivity contribution in [1.29, 1.82) is 0 Å². The molecular weight excluding hydrogens is 242 g/mol. The lowest BCUT2D eigenvalue weighted by Crippen LogP contribution is -2.31. The third-order valence-electron chi connectivity index (χ3n) is 2.83. The molecule has 2 rings (SSSR count). The molecule has 0 spiro atoms. The molecule has 0 atom stereocenters. The molecule has 0 bridgehead atoms. The fraction of sp³-hybridized carbons (Fsp3) is 0.357. The molecule has 2 aromatic rings. The van der Waals surface area contributed by atoms with E-state index in [0.29, 0.717) is 24.8 Å². The largest absolute Gasteiger partial charge is 0.340 e. The number of aromatic nitrogens is 2. The van der Waals surface area contributed by atoms with Crippen LogP contribution < -0.4 is 0 Å². The minimum atomic E-state index is 0.00662. The van der Waals surface area contributed by atoms with E-state index in [0.717, 1.165) is 5.56 Å². The molecule has 0 unspecified atom stereocenters. The zero-order chi connectivity index (χ0) is 13.7. The maximum absolute atomic E-state index is 12.2. The van der Waals surface area contributed by atoms with E-state index in [9.17, 15) is 4.79 Å². The van der Waals surface area contributed by atoms with Crippen LogP contribution in [0.3, 0.4) is 0 Å². The third kappa shape index (κ3) is 3.64. The van der Waals surface area contributed by atoms with E-state index in [1.165, 1.54) is 0 Å². The molecule has 0 radical (unpaired) electrons. The number of amides is 1. The predicted molar refractivity (Wildman–Crippen MR) is 70.3 cm³/mol. The van der Waals surface area contributed by atoms with Crippen LogP contribution >= 0.6 is 0 Å². The predicted octanol–water partition coefficient (Wildman–Crippen LogP) is 1.97. The van der Waals surface area contributed by atoms with Crippen LogP contribution in [0.2, 0.25) is 0 Å². The molecule has 1 amide bonds. The fourth-order valence-electron chi connectivity index (χ4n) is 1.84. The molecule has 5 nitrogen and oxygen atoms in total. The van der Waals surface area contributed by atoms with Crippen molar-refractivity contribution in [1.82, 2.24) is 15.0 Å². The standard InChI is InChI=1S/C14H17N3O2/c1-3-17(10-12-7-5-4-6-8-12)14(18)9-13-15-11(2)19-16-13/h4-8H,3,9-10H2,1-2H3. The van der Waals surface area contributed by atoms with Crippen molar-refractivity contribution in [2.75, 3.05) is 6.54 Å². The fourth-order valence-corrected chi connectivity index (χ4v) is 1.84. The van der Waals surface area contributed by atoms with Crippen LogP contribution in [0.4, 0.5) is 0 Å². The number of carbonyl (C=O) groups excluding carboxylic acids is 1. The summed E-state index contributed by atoms with van der Waals surface area (Å²) in [6.07, 6.45) is 0.179. The van der Waals surface area contributed by atoms with Gasteiger partial charge in [0.2, 0.25) is 11.8 Å². The Bertz CT molecular complexity index is 537. The monoisotopic (exact) mass is 259 g/mol. The van der Waals surface area contributed by atoms with Crippen molar-refractivity contribution in [3.8, 4) is 0 Å². The number of aryl methyl sites for hydroxylation is 1. The van der Waals surface area contributed by atoms with Gasteiger partial charge >= 0.3 is 0 Å². The third-order valence-corrected chi connectivity index (χ3v) is 2.83. The van der Waals surface area contributed by atoms with Gasteiger partial charge < -0.3 is 9.42 Å². The first-order valence-electron chi connectivity index (χ1n) is 6.30. The van der Waals surface area contributed by atoms with Gasteiger partial charge in [-0.1, -0.05) is 35.5 Å². The Morgan fingerprint density at radius 1 is 1.32 bits per heavy atom. The summed E-state index contributed by atoms with van der Waals surface area (Å²) in [5.74, 6) is 0.926. The Balaban J connectivity index is 1.99. The van der Waals surface area contributed by atoms with Crippen LogP contribution in [0.5, 0.6) is 0 Å². The van der Waals surface area contributed by atoms with E-state index in [4.69, 9.17) is 4.52 Å². The van der Waals surface area contributed by atoms with E-state index in [2.05, 4.69) is 10.1 Å². The summed E-state index contributed by atoms with van der Waals surface area (Å²) in [6.45, 7) is 4.93. The molecule has 0 fully saturated rings. The molecule has 0 saturated carbocycles. The Hall–Kier alpha value is -2.17. The van der Waals surface area contributed by atoms with Crippen molar-refractivity contribution in [2.45, 2.75) is 26.8 Å². The maximum Gasteiger partial charge on any atom is 0.230 e. The molecule has 1 heterocycles. The number of rotatable bonds is 5. The van der Waals surface area contributed by atoms with Gasteiger partial charge in [0.15, 0.2) is 5.82 Å². The molecule has 5 heteroatoms. The minimum absolute atomic E-state index is 0.00662. The number of carbonyl (C=O) groups is 1. The zero-order valence-corrected chi connectivity index (χ0v) is 11.2. The van der Waals surface area contributed by atoms with Gasteiger partial charge in [0.1, 0.15) is 0 Å².